The Labute approximate surface area is 247 Å². The summed E-state index contributed by atoms with van der Waals surface area (Å²) in [6, 6.07) is 19.7. The van der Waals surface area contributed by atoms with Crippen LogP contribution in [0.25, 0.3) is 0 Å². The first-order chi connectivity index (χ1) is 19.1. The Morgan fingerprint density at radius 1 is 0.950 bits per heavy atom. The fourth-order valence-corrected chi connectivity index (χ4v) is 6.02. The number of hydrogen-bond donors (Lipinski definition) is 1. The van der Waals surface area contributed by atoms with Crippen LogP contribution in [0.2, 0.25) is 10.0 Å². The molecule has 3 rings (SSSR count). The zero-order valence-electron chi connectivity index (χ0n) is 22.9. The summed E-state index contributed by atoms with van der Waals surface area (Å²) in [6.07, 6.45) is 2.21. The number of anilines is 1. The van der Waals surface area contributed by atoms with Crippen LogP contribution in [0.15, 0.2) is 77.7 Å². The summed E-state index contributed by atoms with van der Waals surface area (Å²) in [5.74, 6) is -0.843. The molecule has 10 heteroatoms. The molecular formula is C30H35Cl2N3O4S. The van der Waals surface area contributed by atoms with Crippen molar-refractivity contribution in [2.45, 2.75) is 51.0 Å². The highest BCUT2D eigenvalue weighted by molar-refractivity contribution is 7.92. The number of unbranched alkanes of at least 4 members (excludes halogenated alkanes) is 1. The molecule has 0 saturated carbocycles. The third-order valence-corrected chi connectivity index (χ3v) is 9.15. The smallest absolute Gasteiger partial charge is 0.264 e. The molecule has 0 bridgehead atoms. The van der Waals surface area contributed by atoms with Crippen LogP contribution in [0.4, 0.5) is 5.69 Å². The van der Waals surface area contributed by atoms with Crippen LogP contribution in [0.3, 0.4) is 0 Å². The number of halogens is 2. The van der Waals surface area contributed by atoms with Crippen LogP contribution in [-0.4, -0.2) is 50.8 Å². The number of carbonyl (C=O) groups excluding carboxylic acids is 2. The highest BCUT2D eigenvalue weighted by Crippen LogP contribution is 2.35. The van der Waals surface area contributed by atoms with E-state index in [2.05, 4.69) is 5.32 Å². The maximum atomic E-state index is 13.9. The topological polar surface area (TPSA) is 86.8 Å². The molecule has 0 radical (unpaired) electrons. The van der Waals surface area contributed by atoms with Crippen molar-refractivity contribution in [3.05, 3.63) is 94.0 Å². The third kappa shape index (κ3) is 7.99. The van der Waals surface area contributed by atoms with E-state index in [0.29, 0.717) is 13.0 Å². The molecule has 3 aromatic rings. The zero-order chi connectivity index (χ0) is 29.3. The molecule has 0 aromatic heterocycles. The van der Waals surface area contributed by atoms with Crippen molar-refractivity contribution in [2.24, 2.45) is 0 Å². The van der Waals surface area contributed by atoms with E-state index in [1.54, 1.807) is 31.2 Å². The maximum Gasteiger partial charge on any atom is 0.264 e. The molecule has 0 fully saturated rings. The Kier molecular flexibility index (Phi) is 11.4. The van der Waals surface area contributed by atoms with Gasteiger partial charge in [0.15, 0.2) is 0 Å². The number of amides is 2. The predicted molar refractivity (Wildman–Crippen MR) is 161 cm³/mol. The quantitative estimate of drug-likeness (QED) is 0.247. The van der Waals surface area contributed by atoms with Crippen LogP contribution >= 0.6 is 23.2 Å². The monoisotopic (exact) mass is 603 g/mol. The van der Waals surface area contributed by atoms with Gasteiger partial charge in [-0.05, 0) is 56.5 Å². The van der Waals surface area contributed by atoms with E-state index in [0.717, 1.165) is 28.3 Å². The minimum absolute atomic E-state index is 0.00290. The van der Waals surface area contributed by atoms with Gasteiger partial charge < -0.3 is 10.2 Å². The number of rotatable bonds is 13. The van der Waals surface area contributed by atoms with Gasteiger partial charge in [-0.15, -0.1) is 0 Å². The molecule has 0 heterocycles. The Bertz CT molecular complexity index is 1400. The van der Waals surface area contributed by atoms with Gasteiger partial charge in [0.25, 0.3) is 10.0 Å². The van der Waals surface area contributed by atoms with Gasteiger partial charge in [0.1, 0.15) is 12.6 Å². The van der Waals surface area contributed by atoms with E-state index in [4.69, 9.17) is 23.2 Å². The number of hydrogen-bond acceptors (Lipinski definition) is 4. The molecule has 0 aliphatic carbocycles. The molecule has 0 saturated heterocycles. The molecule has 1 N–H and O–H groups in total. The Balaban J connectivity index is 1.99. The van der Waals surface area contributed by atoms with E-state index < -0.39 is 28.5 Å². The second kappa shape index (κ2) is 14.5. The molecule has 0 aliphatic heterocycles. The summed E-state index contributed by atoms with van der Waals surface area (Å²) in [4.78, 5) is 28.3. The lowest BCUT2D eigenvalue weighted by Gasteiger charge is -2.32. The van der Waals surface area contributed by atoms with E-state index >= 15 is 0 Å². The highest BCUT2D eigenvalue weighted by atomic mass is 35.5. The van der Waals surface area contributed by atoms with Gasteiger partial charge in [0.05, 0.1) is 20.6 Å². The SMILES string of the molecule is CCCCNC(=O)C(C)N(CCc1ccccc1)C(=O)CN(c1cccc(Cl)c1Cl)S(=O)(=O)c1ccc(C)cc1. The number of sulfonamides is 1. The Morgan fingerprint density at radius 3 is 2.27 bits per heavy atom. The van der Waals surface area contributed by atoms with Gasteiger partial charge in [-0.3, -0.25) is 13.9 Å². The fourth-order valence-electron chi connectivity index (χ4n) is 4.14. The first kappa shape index (κ1) is 31.5. The standard InChI is InChI=1S/C30H35Cl2N3O4S/c1-4-5-19-33-30(37)23(3)34(20-18-24-10-7-6-8-11-24)28(36)21-35(27-13-9-12-26(31)29(27)32)40(38,39)25-16-14-22(2)15-17-25/h6-17,23H,4-5,18-21H2,1-3H3,(H,33,37). The maximum absolute atomic E-state index is 13.9. The lowest BCUT2D eigenvalue weighted by Crippen LogP contribution is -2.52. The van der Waals surface area contributed by atoms with Gasteiger partial charge >= 0.3 is 0 Å². The zero-order valence-corrected chi connectivity index (χ0v) is 25.3. The van der Waals surface area contributed by atoms with Gasteiger partial charge in [0.2, 0.25) is 11.8 Å². The van der Waals surface area contributed by atoms with Crippen molar-refractivity contribution >= 4 is 50.7 Å². The van der Waals surface area contributed by atoms with Gasteiger partial charge in [-0.25, -0.2) is 8.42 Å². The Hall–Kier alpha value is -3.07. The molecule has 2 amide bonds. The molecule has 3 aromatic carbocycles. The summed E-state index contributed by atoms with van der Waals surface area (Å²) in [7, 11) is -4.23. The van der Waals surface area contributed by atoms with E-state index in [9.17, 15) is 18.0 Å². The van der Waals surface area contributed by atoms with Crippen LogP contribution in [0.1, 0.15) is 37.8 Å². The second-order valence-electron chi connectivity index (χ2n) is 9.54. The van der Waals surface area contributed by atoms with Crippen molar-refractivity contribution in [3.8, 4) is 0 Å². The first-order valence-electron chi connectivity index (χ1n) is 13.2. The number of nitrogens with one attached hydrogen (secondary N) is 1. The van der Waals surface area contributed by atoms with Crippen molar-refractivity contribution in [1.29, 1.82) is 0 Å². The number of carbonyl (C=O) groups is 2. The summed E-state index contributed by atoms with van der Waals surface area (Å²) >= 11 is 12.7. The molecule has 1 unspecified atom stereocenters. The summed E-state index contributed by atoms with van der Waals surface area (Å²) in [6.45, 7) is 5.66. The van der Waals surface area contributed by atoms with Crippen molar-refractivity contribution in [3.63, 3.8) is 0 Å². The van der Waals surface area contributed by atoms with Crippen molar-refractivity contribution in [1.82, 2.24) is 10.2 Å². The van der Waals surface area contributed by atoms with Crippen LogP contribution in [0, 0.1) is 6.92 Å². The minimum Gasteiger partial charge on any atom is -0.354 e. The van der Waals surface area contributed by atoms with Crippen molar-refractivity contribution < 1.29 is 18.0 Å². The number of nitrogens with zero attached hydrogens (tertiary/aromatic N) is 2. The molecule has 0 spiro atoms. The van der Waals surface area contributed by atoms with Gasteiger partial charge in [-0.1, -0.05) is 90.6 Å². The van der Waals surface area contributed by atoms with Crippen LogP contribution < -0.4 is 9.62 Å². The predicted octanol–water partition coefficient (Wildman–Crippen LogP) is 5.87. The number of aryl methyl sites for hydroxylation is 1. The number of benzene rings is 3. The third-order valence-electron chi connectivity index (χ3n) is 6.57. The van der Waals surface area contributed by atoms with E-state index in [1.165, 1.54) is 23.1 Å². The Morgan fingerprint density at radius 2 is 1.62 bits per heavy atom. The van der Waals surface area contributed by atoms with E-state index in [1.807, 2.05) is 44.2 Å². The molecule has 1 atom stereocenters. The van der Waals surface area contributed by atoms with E-state index in [-0.39, 0.29) is 33.1 Å². The lowest BCUT2D eigenvalue weighted by atomic mass is 10.1. The molecular weight excluding hydrogens is 569 g/mol. The second-order valence-corrected chi connectivity index (χ2v) is 12.2. The summed E-state index contributed by atoms with van der Waals surface area (Å²) in [5.41, 5.74) is 1.95. The fraction of sp³-hybridized carbons (Fsp3) is 0.333. The van der Waals surface area contributed by atoms with Gasteiger partial charge in [-0.2, -0.15) is 0 Å². The van der Waals surface area contributed by atoms with Gasteiger partial charge in [0, 0.05) is 13.1 Å². The average Bonchev–Trinajstić information content (AvgIpc) is 2.94. The molecule has 0 aliphatic rings. The normalized spacial score (nSPS) is 12.0. The molecule has 7 nitrogen and oxygen atoms in total. The molecule has 214 valence electrons. The van der Waals surface area contributed by atoms with Crippen molar-refractivity contribution in [2.75, 3.05) is 23.9 Å². The minimum atomic E-state index is -4.23. The largest absolute Gasteiger partial charge is 0.354 e. The summed E-state index contributed by atoms with van der Waals surface area (Å²) < 4.78 is 28.8. The average molecular weight is 605 g/mol. The lowest BCUT2D eigenvalue weighted by molar-refractivity contribution is -0.138. The molecule has 40 heavy (non-hydrogen) atoms. The van der Waals surface area contributed by atoms with Crippen LogP contribution in [0.5, 0.6) is 0 Å². The van der Waals surface area contributed by atoms with Crippen LogP contribution in [-0.2, 0) is 26.0 Å². The summed E-state index contributed by atoms with van der Waals surface area (Å²) in [5, 5.41) is 3.04. The first-order valence-corrected chi connectivity index (χ1v) is 15.4. The highest BCUT2D eigenvalue weighted by Gasteiger charge is 2.33.